The van der Waals surface area contributed by atoms with E-state index in [2.05, 4.69) is 11.8 Å². The van der Waals surface area contributed by atoms with E-state index < -0.39 is 0 Å². The van der Waals surface area contributed by atoms with Gasteiger partial charge in [-0.1, -0.05) is 12.8 Å². The fraction of sp³-hybridized carbons (Fsp3) is 1.00. The van der Waals surface area contributed by atoms with Gasteiger partial charge in [-0.3, -0.25) is 4.90 Å². The van der Waals surface area contributed by atoms with E-state index >= 15 is 0 Å². The van der Waals surface area contributed by atoms with Gasteiger partial charge in [-0.05, 0) is 39.8 Å². The Morgan fingerprint density at radius 1 is 1.00 bits per heavy atom. The summed E-state index contributed by atoms with van der Waals surface area (Å²) in [6.45, 7) is 6.35. The first-order chi connectivity index (χ1) is 5.72. The van der Waals surface area contributed by atoms with Gasteiger partial charge < -0.3 is 5.11 Å². The van der Waals surface area contributed by atoms with Crippen LogP contribution in [0.15, 0.2) is 0 Å². The van der Waals surface area contributed by atoms with Crippen molar-refractivity contribution >= 4 is 0 Å². The maximum atomic E-state index is 9.42. The normalized spacial score (nSPS) is 26.2. The number of aliphatic hydroxyl groups excluding tert-OH is 1. The molecule has 0 amide bonds. The van der Waals surface area contributed by atoms with Crippen LogP contribution < -0.4 is 0 Å². The number of rotatable bonds is 2. The largest absolute Gasteiger partial charge is 0.392 e. The first-order valence-electron chi connectivity index (χ1n) is 5.14. The molecule has 1 aliphatic heterocycles. The van der Waals surface area contributed by atoms with Crippen molar-refractivity contribution in [3.05, 3.63) is 0 Å². The Labute approximate surface area is 75.6 Å². The van der Waals surface area contributed by atoms with E-state index in [9.17, 15) is 5.11 Å². The molecule has 12 heavy (non-hydrogen) atoms. The Morgan fingerprint density at radius 3 is 1.92 bits per heavy atom. The second-order valence-electron chi connectivity index (χ2n) is 3.93. The van der Waals surface area contributed by atoms with E-state index in [1.807, 2.05) is 6.92 Å². The van der Waals surface area contributed by atoms with Crippen molar-refractivity contribution in [3.8, 4) is 0 Å². The van der Waals surface area contributed by atoms with Gasteiger partial charge in [-0.15, -0.1) is 0 Å². The first kappa shape index (κ1) is 10.0. The molecule has 0 bridgehead atoms. The van der Waals surface area contributed by atoms with Crippen LogP contribution in [0.5, 0.6) is 0 Å². The topological polar surface area (TPSA) is 23.5 Å². The zero-order valence-electron chi connectivity index (χ0n) is 8.29. The van der Waals surface area contributed by atoms with Crippen LogP contribution >= 0.6 is 0 Å². The minimum atomic E-state index is -0.192. The predicted octanol–water partition coefficient (Wildman–Crippen LogP) is 1.63. The third kappa shape index (κ3) is 2.76. The number of likely N-dealkylation sites (tertiary alicyclic amines) is 1. The van der Waals surface area contributed by atoms with Gasteiger partial charge >= 0.3 is 0 Å². The fourth-order valence-electron chi connectivity index (χ4n) is 1.81. The van der Waals surface area contributed by atoms with E-state index in [0.717, 1.165) is 0 Å². The molecule has 0 radical (unpaired) electrons. The second kappa shape index (κ2) is 4.83. The lowest BCUT2D eigenvalue weighted by Crippen LogP contribution is -2.40. The minimum Gasteiger partial charge on any atom is -0.392 e. The van der Waals surface area contributed by atoms with Crippen molar-refractivity contribution < 1.29 is 5.11 Å². The standard InChI is InChI=1S/C10H21NO/c1-9(10(2)12)11-7-5-3-4-6-8-11/h9-10,12H,3-8H2,1-2H3. The van der Waals surface area contributed by atoms with Gasteiger partial charge in [0.25, 0.3) is 0 Å². The highest BCUT2D eigenvalue weighted by Gasteiger charge is 2.18. The summed E-state index contributed by atoms with van der Waals surface area (Å²) >= 11 is 0. The SMILES string of the molecule is CC(O)C(C)N1CCCCCC1. The quantitative estimate of drug-likeness (QED) is 0.682. The highest BCUT2D eigenvalue weighted by Crippen LogP contribution is 2.13. The maximum Gasteiger partial charge on any atom is 0.0664 e. The van der Waals surface area contributed by atoms with Gasteiger partial charge in [0.15, 0.2) is 0 Å². The first-order valence-corrected chi connectivity index (χ1v) is 5.14. The summed E-state index contributed by atoms with van der Waals surface area (Å²) < 4.78 is 0. The molecular weight excluding hydrogens is 150 g/mol. The van der Waals surface area contributed by atoms with Crippen LogP contribution in [-0.2, 0) is 0 Å². The number of aliphatic hydroxyl groups is 1. The molecule has 2 atom stereocenters. The van der Waals surface area contributed by atoms with Gasteiger partial charge in [-0.25, -0.2) is 0 Å². The summed E-state index contributed by atoms with van der Waals surface area (Å²) in [4.78, 5) is 2.41. The summed E-state index contributed by atoms with van der Waals surface area (Å²) in [5.41, 5.74) is 0. The molecule has 2 unspecified atom stereocenters. The Hall–Kier alpha value is -0.0800. The third-order valence-corrected chi connectivity index (χ3v) is 2.91. The summed E-state index contributed by atoms with van der Waals surface area (Å²) in [7, 11) is 0. The van der Waals surface area contributed by atoms with E-state index in [-0.39, 0.29) is 6.10 Å². The Kier molecular flexibility index (Phi) is 4.02. The van der Waals surface area contributed by atoms with Gasteiger partial charge in [0.05, 0.1) is 6.10 Å². The van der Waals surface area contributed by atoms with Crippen LogP contribution in [0.25, 0.3) is 0 Å². The smallest absolute Gasteiger partial charge is 0.0664 e. The predicted molar refractivity (Wildman–Crippen MR) is 51.2 cm³/mol. The Bertz CT molecular complexity index is 117. The molecule has 0 aromatic rings. The molecule has 72 valence electrons. The summed E-state index contributed by atoms with van der Waals surface area (Å²) in [6.07, 6.45) is 5.14. The average Bonchev–Trinajstić information content (AvgIpc) is 2.30. The molecule has 1 N–H and O–H groups in total. The van der Waals surface area contributed by atoms with Crippen LogP contribution in [0.4, 0.5) is 0 Å². The Morgan fingerprint density at radius 2 is 1.50 bits per heavy atom. The lowest BCUT2D eigenvalue weighted by molar-refractivity contribution is 0.0729. The van der Waals surface area contributed by atoms with Crippen LogP contribution in [0.2, 0.25) is 0 Å². The van der Waals surface area contributed by atoms with E-state index in [1.54, 1.807) is 0 Å². The molecule has 1 aliphatic rings. The number of nitrogens with zero attached hydrogens (tertiary/aromatic N) is 1. The van der Waals surface area contributed by atoms with Gasteiger partial charge in [0.2, 0.25) is 0 Å². The summed E-state index contributed by atoms with van der Waals surface area (Å²) in [5, 5.41) is 9.42. The molecule has 1 fully saturated rings. The highest BCUT2D eigenvalue weighted by atomic mass is 16.3. The molecule has 1 rings (SSSR count). The van der Waals surface area contributed by atoms with Crippen LogP contribution in [0.1, 0.15) is 39.5 Å². The van der Waals surface area contributed by atoms with Crippen molar-refractivity contribution in [2.24, 2.45) is 0 Å². The molecule has 2 heteroatoms. The molecule has 1 heterocycles. The Balaban J connectivity index is 2.37. The van der Waals surface area contributed by atoms with Crippen molar-refractivity contribution in [2.75, 3.05) is 13.1 Å². The zero-order valence-corrected chi connectivity index (χ0v) is 8.29. The van der Waals surface area contributed by atoms with Crippen LogP contribution in [0, 0.1) is 0 Å². The zero-order chi connectivity index (χ0) is 8.97. The molecular formula is C10H21NO. The van der Waals surface area contributed by atoms with Gasteiger partial charge in [-0.2, -0.15) is 0 Å². The van der Waals surface area contributed by atoms with Crippen LogP contribution in [0.3, 0.4) is 0 Å². The van der Waals surface area contributed by atoms with Crippen molar-refractivity contribution in [1.82, 2.24) is 4.90 Å². The molecule has 1 saturated heterocycles. The van der Waals surface area contributed by atoms with E-state index in [0.29, 0.717) is 6.04 Å². The second-order valence-corrected chi connectivity index (χ2v) is 3.93. The van der Waals surface area contributed by atoms with Crippen molar-refractivity contribution in [2.45, 2.75) is 51.7 Å². The van der Waals surface area contributed by atoms with Gasteiger partial charge in [0, 0.05) is 6.04 Å². The monoisotopic (exact) mass is 171 g/mol. The molecule has 0 spiro atoms. The lowest BCUT2D eigenvalue weighted by atomic mass is 10.2. The fourth-order valence-corrected chi connectivity index (χ4v) is 1.81. The van der Waals surface area contributed by atoms with E-state index in [1.165, 1.54) is 38.8 Å². The molecule has 0 saturated carbocycles. The van der Waals surface area contributed by atoms with Crippen LogP contribution in [-0.4, -0.2) is 35.2 Å². The molecule has 0 aliphatic carbocycles. The molecule has 2 nitrogen and oxygen atoms in total. The maximum absolute atomic E-state index is 9.42. The molecule has 0 aromatic carbocycles. The lowest BCUT2D eigenvalue weighted by Gasteiger charge is -2.29. The average molecular weight is 171 g/mol. The highest BCUT2D eigenvalue weighted by molar-refractivity contribution is 4.73. The summed E-state index contributed by atoms with van der Waals surface area (Å²) in [6, 6.07) is 0.336. The number of hydrogen-bond donors (Lipinski definition) is 1. The summed E-state index contributed by atoms with van der Waals surface area (Å²) in [5.74, 6) is 0. The minimum absolute atomic E-state index is 0.192. The van der Waals surface area contributed by atoms with Crippen molar-refractivity contribution in [1.29, 1.82) is 0 Å². The number of hydrogen-bond acceptors (Lipinski definition) is 2. The van der Waals surface area contributed by atoms with Gasteiger partial charge in [0.1, 0.15) is 0 Å². The van der Waals surface area contributed by atoms with E-state index in [4.69, 9.17) is 0 Å². The van der Waals surface area contributed by atoms with Crippen molar-refractivity contribution in [3.63, 3.8) is 0 Å². The molecule has 0 aromatic heterocycles. The third-order valence-electron chi connectivity index (χ3n) is 2.91.